The first-order valence-electron chi connectivity index (χ1n) is 10.6. The van der Waals surface area contributed by atoms with Crippen LogP contribution in [0.4, 0.5) is 0 Å². The summed E-state index contributed by atoms with van der Waals surface area (Å²) < 4.78 is 4.85. The average Bonchev–Trinajstić information content (AvgIpc) is 3.08. The van der Waals surface area contributed by atoms with Crippen LogP contribution >= 0.6 is 21.6 Å². The van der Waals surface area contributed by atoms with E-state index in [1.807, 2.05) is 4.90 Å². The Morgan fingerprint density at radius 3 is 2.52 bits per heavy atom. The van der Waals surface area contributed by atoms with Crippen molar-refractivity contribution in [1.82, 2.24) is 10.2 Å². The topological polar surface area (TPSA) is 95.9 Å². The Labute approximate surface area is 182 Å². The van der Waals surface area contributed by atoms with E-state index >= 15 is 0 Å². The number of likely N-dealkylation sites (tertiary alicyclic amines) is 1. The van der Waals surface area contributed by atoms with E-state index in [9.17, 15) is 19.5 Å². The first kappa shape index (κ1) is 26.1. The fourth-order valence-corrected chi connectivity index (χ4v) is 5.23. The zero-order valence-corrected chi connectivity index (χ0v) is 19.3. The van der Waals surface area contributed by atoms with Gasteiger partial charge in [-0.1, -0.05) is 28.5 Å². The zero-order chi connectivity index (χ0) is 21.5. The van der Waals surface area contributed by atoms with Gasteiger partial charge in [0.1, 0.15) is 0 Å². The highest BCUT2D eigenvalue weighted by Gasteiger charge is 2.32. The molecule has 1 aliphatic heterocycles. The lowest BCUT2D eigenvalue weighted by atomic mass is 10.1. The molecule has 1 aliphatic rings. The lowest BCUT2D eigenvalue weighted by molar-refractivity contribution is -0.143. The van der Waals surface area contributed by atoms with E-state index in [2.05, 4.69) is 12.2 Å². The normalized spacial score (nSPS) is 18.7. The molecule has 1 rings (SSSR count). The van der Waals surface area contributed by atoms with Gasteiger partial charge in [-0.05, 0) is 39.0 Å². The summed E-state index contributed by atoms with van der Waals surface area (Å²) in [5, 5.41) is 12.6. The smallest absolute Gasteiger partial charge is 0.305 e. The number of ether oxygens (including phenoxy) is 1. The van der Waals surface area contributed by atoms with Crippen LogP contribution in [-0.4, -0.2) is 71.1 Å². The summed E-state index contributed by atoms with van der Waals surface area (Å²) in [6.45, 7) is 5.33. The van der Waals surface area contributed by atoms with Crippen molar-refractivity contribution in [3.63, 3.8) is 0 Å². The van der Waals surface area contributed by atoms with E-state index < -0.39 is 0 Å². The number of carbonyl (C=O) groups excluding carboxylic acids is 3. The van der Waals surface area contributed by atoms with Gasteiger partial charge in [0.2, 0.25) is 11.8 Å². The molecule has 2 atom stereocenters. The van der Waals surface area contributed by atoms with Crippen LogP contribution in [-0.2, 0) is 19.1 Å². The molecule has 168 valence electrons. The van der Waals surface area contributed by atoms with E-state index in [1.165, 1.54) is 0 Å². The largest absolute Gasteiger partial charge is 0.466 e. The molecule has 0 aromatic rings. The van der Waals surface area contributed by atoms with Gasteiger partial charge in [0, 0.05) is 49.9 Å². The highest BCUT2D eigenvalue weighted by molar-refractivity contribution is 8.76. The van der Waals surface area contributed by atoms with Gasteiger partial charge in [-0.15, -0.1) is 0 Å². The molecule has 1 fully saturated rings. The second-order valence-corrected chi connectivity index (χ2v) is 9.81. The minimum absolute atomic E-state index is 0.0170. The van der Waals surface area contributed by atoms with Crippen LogP contribution in [0.5, 0.6) is 0 Å². The molecule has 0 radical (unpaired) electrons. The molecule has 0 bridgehead atoms. The lowest BCUT2D eigenvalue weighted by Gasteiger charge is -2.23. The van der Waals surface area contributed by atoms with E-state index in [4.69, 9.17) is 4.74 Å². The number of hydrogen-bond donors (Lipinski definition) is 2. The maximum absolute atomic E-state index is 12.3. The Bertz CT molecular complexity index is 507. The second-order valence-electron chi connectivity index (χ2n) is 7.11. The first-order valence-corrected chi connectivity index (χ1v) is 13.1. The van der Waals surface area contributed by atoms with E-state index in [1.54, 1.807) is 28.5 Å². The van der Waals surface area contributed by atoms with Gasteiger partial charge >= 0.3 is 5.97 Å². The zero-order valence-electron chi connectivity index (χ0n) is 17.7. The number of amides is 2. The van der Waals surface area contributed by atoms with Crippen LogP contribution in [0.3, 0.4) is 0 Å². The van der Waals surface area contributed by atoms with Crippen molar-refractivity contribution in [1.29, 1.82) is 0 Å². The van der Waals surface area contributed by atoms with E-state index in [-0.39, 0.29) is 29.9 Å². The van der Waals surface area contributed by atoms with E-state index in [0.717, 1.165) is 24.3 Å². The van der Waals surface area contributed by atoms with Crippen LogP contribution < -0.4 is 5.32 Å². The first-order chi connectivity index (χ1) is 14.0. The highest BCUT2D eigenvalue weighted by atomic mass is 33.1. The number of nitrogens with one attached hydrogen (secondary N) is 1. The molecular weight excluding hydrogens is 412 g/mol. The summed E-state index contributed by atoms with van der Waals surface area (Å²) in [4.78, 5) is 37.0. The number of aliphatic hydroxyl groups is 1. The third-order valence-electron chi connectivity index (χ3n) is 4.73. The highest BCUT2D eigenvalue weighted by Crippen LogP contribution is 2.24. The Morgan fingerprint density at radius 1 is 1.07 bits per heavy atom. The molecule has 7 nitrogen and oxygen atoms in total. The van der Waals surface area contributed by atoms with Crippen molar-refractivity contribution in [2.75, 3.05) is 31.2 Å². The van der Waals surface area contributed by atoms with Crippen molar-refractivity contribution >= 4 is 39.4 Å². The molecule has 0 aromatic heterocycles. The standard InChI is InChI=1S/C20H36N2O5S2/c1-3-16-14-17(23)15-22(16)19(25)9-7-12-28-29-13-11-21-18(24)8-5-6-10-20(26)27-4-2/h16-17,23H,3-15H2,1-2H3,(H,21,24)/t16-,17-/m1/s1. The summed E-state index contributed by atoms with van der Waals surface area (Å²) in [6.07, 6.45) is 4.73. The van der Waals surface area contributed by atoms with Crippen LogP contribution in [0.25, 0.3) is 0 Å². The number of carbonyl (C=O) groups is 3. The molecule has 0 saturated carbocycles. The summed E-state index contributed by atoms with van der Waals surface area (Å²) >= 11 is 0. The van der Waals surface area contributed by atoms with Crippen LogP contribution in [0.1, 0.15) is 65.2 Å². The van der Waals surface area contributed by atoms with Crippen molar-refractivity contribution in [3.8, 4) is 0 Å². The average molecular weight is 449 g/mol. The maximum Gasteiger partial charge on any atom is 0.305 e. The van der Waals surface area contributed by atoms with Crippen molar-refractivity contribution in [3.05, 3.63) is 0 Å². The number of unbranched alkanes of at least 4 members (excludes halogenated alkanes) is 1. The van der Waals surface area contributed by atoms with Gasteiger partial charge in [0.15, 0.2) is 0 Å². The Kier molecular flexibility index (Phi) is 14.3. The van der Waals surface area contributed by atoms with Gasteiger partial charge in [-0.25, -0.2) is 0 Å². The summed E-state index contributed by atoms with van der Waals surface area (Å²) in [5.41, 5.74) is 0. The molecule has 2 N–H and O–H groups in total. The molecule has 2 amide bonds. The van der Waals surface area contributed by atoms with Crippen LogP contribution in [0, 0.1) is 0 Å². The number of rotatable bonds is 15. The second kappa shape index (κ2) is 15.8. The number of nitrogens with zero attached hydrogens (tertiary/aromatic N) is 1. The van der Waals surface area contributed by atoms with Crippen LogP contribution in [0.2, 0.25) is 0 Å². The molecule has 0 spiro atoms. The molecule has 1 heterocycles. The number of hydrogen-bond acceptors (Lipinski definition) is 7. The Morgan fingerprint density at radius 2 is 1.79 bits per heavy atom. The number of aliphatic hydroxyl groups excluding tert-OH is 1. The predicted octanol–water partition coefficient (Wildman–Crippen LogP) is 2.76. The number of esters is 1. The van der Waals surface area contributed by atoms with Gasteiger partial charge in [-0.3, -0.25) is 14.4 Å². The molecule has 0 aliphatic carbocycles. The number of β-amino-alcohol motifs (C(OH)–C–C–N with tert-alkyl or cyclic N) is 1. The van der Waals surface area contributed by atoms with Crippen LogP contribution in [0.15, 0.2) is 0 Å². The lowest BCUT2D eigenvalue weighted by Crippen LogP contribution is -2.35. The molecule has 0 unspecified atom stereocenters. The van der Waals surface area contributed by atoms with Gasteiger partial charge in [-0.2, -0.15) is 0 Å². The van der Waals surface area contributed by atoms with Crippen molar-refractivity contribution in [2.45, 2.75) is 77.4 Å². The molecule has 9 heteroatoms. The molecular formula is C20H36N2O5S2. The van der Waals surface area contributed by atoms with Gasteiger partial charge < -0.3 is 20.1 Å². The minimum atomic E-state index is -0.374. The molecule has 0 aromatic carbocycles. The monoisotopic (exact) mass is 448 g/mol. The fraction of sp³-hybridized carbons (Fsp3) is 0.850. The van der Waals surface area contributed by atoms with Gasteiger partial charge in [0.05, 0.1) is 12.7 Å². The van der Waals surface area contributed by atoms with Crippen molar-refractivity contribution < 1.29 is 24.2 Å². The molecule has 1 saturated heterocycles. The summed E-state index contributed by atoms with van der Waals surface area (Å²) in [7, 11) is 3.42. The summed E-state index contributed by atoms with van der Waals surface area (Å²) in [5.74, 6) is 1.68. The fourth-order valence-electron chi connectivity index (χ4n) is 3.24. The Balaban J connectivity index is 1.93. The Hall–Kier alpha value is -0.930. The SMILES string of the molecule is CCOC(=O)CCCCC(=O)NCCSSCCCC(=O)N1C[C@H](O)C[C@H]1CC. The van der Waals surface area contributed by atoms with Crippen molar-refractivity contribution in [2.24, 2.45) is 0 Å². The quantitative estimate of drug-likeness (QED) is 0.226. The molecule has 29 heavy (non-hydrogen) atoms. The third kappa shape index (κ3) is 11.7. The maximum atomic E-state index is 12.3. The summed E-state index contributed by atoms with van der Waals surface area (Å²) in [6, 6.07) is 0.188. The third-order valence-corrected chi connectivity index (χ3v) is 7.23. The van der Waals surface area contributed by atoms with E-state index in [0.29, 0.717) is 58.2 Å². The predicted molar refractivity (Wildman–Crippen MR) is 119 cm³/mol. The van der Waals surface area contributed by atoms with Gasteiger partial charge in [0.25, 0.3) is 0 Å². The minimum Gasteiger partial charge on any atom is -0.466 e.